The van der Waals surface area contributed by atoms with E-state index in [2.05, 4.69) is 11.9 Å². The van der Waals surface area contributed by atoms with Crippen molar-refractivity contribution in [2.24, 2.45) is 0 Å². The van der Waals surface area contributed by atoms with Crippen molar-refractivity contribution in [2.75, 3.05) is 5.32 Å². The first-order valence-corrected chi connectivity index (χ1v) is 8.45. The SMILES string of the molecule is C=C1Cc2cc(CS(=O)(=O)c3cccc(C)c3)ccc2N1. The Hall–Kier alpha value is -2.07. The van der Waals surface area contributed by atoms with E-state index in [-0.39, 0.29) is 5.75 Å². The lowest BCUT2D eigenvalue weighted by molar-refractivity contribution is 0.595. The summed E-state index contributed by atoms with van der Waals surface area (Å²) in [6, 6.07) is 12.8. The number of hydrogen-bond donors (Lipinski definition) is 1. The van der Waals surface area contributed by atoms with E-state index in [0.29, 0.717) is 4.90 Å². The molecule has 1 heterocycles. The number of fused-ring (bicyclic) bond motifs is 1. The van der Waals surface area contributed by atoms with Crippen molar-refractivity contribution < 1.29 is 8.42 Å². The van der Waals surface area contributed by atoms with Crippen molar-refractivity contribution in [1.29, 1.82) is 0 Å². The highest BCUT2D eigenvalue weighted by atomic mass is 32.2. The van der Waals surface area contributed by atoms with Gasteiger partial charge in [-0.1, -0.05) is 30.8 Å². The Morgan fingerprint density at radius 1 is 1.19 bits per heavy atom. The highest BCUT2D eigenvalue weighted by Crippen LogP contribution is 2.29. The van der Waals surface area contributed by atoms with Crippen molar-refractivity contribution in [3.05, 3.63) is 71.4 Å². The molecule has 1 aliphatic heterocycles. The highest BCUT2D eigenvalue weighted by Gasteiger charge is 2.18. The number of anilines is 1. The fourth-order valence-corrected chi connectivity index (χ4v) is 4.02. The van der Waals surface area contributed by atoms with Crippen LogP contribution < -0.4 is 5.32 Å². The normalized spacial score (nSPS) is 13.9. The Balaban J connectivity index is 1.90. The van der Waals surface area contributed by atoms with Crippen LogP contribution in [0.3, 0.4) is 0 Å². The van der Waals surface area contributed by atoms with Gasteiger partial charge in [0.05, 0.1) is 10.6 Å². The van der Waals surface area contributed by atoms with Crippen LogP contribution in [0.25, 0.3) is 0 Å². The number of benzene rings is 2. The predicted octanol–water partition coefficient (Wildman–Crippen LogP) is 3.45. The number of rotatable bonds is 3. The van der Waals surface area contributed by atoms with Crippen LogP contribution in [-0.4, -0.2) is 8.42 Å². The number of nitrogens with one attached hydrogen (secondary N) is 1. The molecule has 0 amide bonds. The molecular formula is C17H17NO2S. The maximum absolute atomic E-state index is 12.5. The van der Waals surface area contributed by atoms with Gasteiger partial charge < -0.3 is 5.32 Å². The highest BCUT2D eigenvalue weighted by molar-refractivity contribution is 7.90. The average Bonchev–Trinajstić information content (AvgIpc) is 2.77. The van der Waals surface area contributed by atoms with Crippen molar-refractivity contribution in [3.63, 3.8) is 0 Å². The molecule has 0 aliphatic carbocycles. The summed E-state index contributed by atoms with van der Waals surface area (Å²) in [6.45, 7) is 5.80. The van der Waals surface area contributed by atoms with Gasteiger partial charge >= 0.3 is 0 Å². The molecule has 3 nitrogen and oxygen atoms in total. The summed E-state index contributed by atoms with van der Waals surface area (Å²) in [7, 11) is -3.31. The van der Waals surface area contributed by atoms with Gasteiger partial charge in [0, 0.05) is 17.8 Å². The molecule has 2 aromatic rings. The number of aryl methyl sites for hydroxylation is 1. The molecule has 1 aliphatic rings. The molecule has 0 atom stereocenters. The Morgan fingerprint density at radius 3 is 2.76 bits per heavy atom. The van der Waals surface area contributed by atoms with Gasteiger partial charge in [-0.05, 0) is 41.8 Å². The number of allylic oxidation sites excluding steroid dienone is 1. The minimum absolute atomic E-state index is 0.0240. The van der Waals surface area contributed by atoms with Gasteiger partial charge in [0.1, 0.15) is 0 Å². The topological polar surface area (TPSA) is 46.2 Å². The van der Waals surface area contributed by atoms with E-state index in [1.807, 2.05) is 31.2 Å². The summed E-state index contributed by atoms with van der Waals surface area (Å²) in [6.07, 6.45) is 0.758. The third-order valence-electron chi connectivity index (χ3n) is 3.59. The van der Waals surface area contributed by atoms with Gasteiger partial charge in [0.25, 0.3) is 0 Å². The lowest BCUT2D eigenvalue weighted by Crippen LogP contribution is -2.05. The number of sulfone groups is 1. The molecule has 0 unspecified atom stereocenters. The summed E-state index contributed by atoms with van der Waals surface area (Å²) < 4.78 is 25.0. The van der Waals surface area contributed by atoms with Crippen LogP contribution in [0.15, 0.2) is 59.6 Å². The molecule has 0 aromatic heterocycles. The van der Waals surface area contributed by atoms with Crippen LogP contribution in [0.5, 0.6) is 0 Å². The summed E-state index contributed by atoms with van der Waals surface area (Å²) in [5, 5.41) is 3.18. The quantitative estimate of drug-likeness (QED) is 0.944. The summed E-state index contributed by atoms with van der Waals surface area (Å²) in [5.41, 5.74) is 4.84. The first kappa shape index (κ1) is 13.9. The molecule has 0 spiro atoms. The first-order valence-electron chi connectivity index (χ1n) is 6.80. The molecular weight excluding hydrogens is 282 g/mol. The van der Waals surface area contributed by atoms with Crippen LogP contribution in [-0.2, 0) is 22.0 Å². The van der Waals surface area contributed by atoms with Crippen LogP contribution in [0.2, 0.25) is 0 Å². The predicted molar refractivity (Wildman–Crippen MR) is 85.0 cm³/mol. The Labute approximate surface area is 125 Å². The van der Waals surface area contributed by atoms with Gasteiger partial charge in [-0.25, -0.2) is 8.42 Å². The second kappa shape index (κ2) is 5.04. The Bertz CT molecular complexity index is 822. The zero-order chi connectivity index (χ0) is 15.0. The Morgan fingerprint density at radius 2 is 2.00 bits per heavy atom. The monoisotopic (exact) mass is 299 g/mol. The summed E-state index contributed by atoms with van der Waals surface area (Å²) in [4.78, 5) is 0.380. The molecule has 0 radical (unpaired) electrons. The maximum Gasteiger partial charge on any atom is 0.182 e. The second-order valence-corrected chi connectivity index (χ2v) is 7.46. The molecule has 21 heavy (non-hydrogen) atoms. The van der Waals surface area contributed by atoms with Gasteiger partial charge in [-0.2, -0.15) is 0 Å². The standard InChI is InChI=1S/C17H17NO2S/c1-12-4-3-5-16(8-12)21(19,20)11-14-6-7-17-15(10-14)9-13(2)18-17/h3-8,10,18H,2,9,11H2,1H3. The van der Waals surface area contributed by atoms with E-state index >= 15 is 0 Å². The third kappa shape index (κ3) is 2.85. The molecule has 108 valence electrons. The molecule has 0 saturated heterocycles. The average molecular weight is 299 g/mol. The zero-order valence-electron chi connectivity index (χ0n) is 11.9. The van der Waals surface area contributed by atoms with Crippen molar-refractivity contribution >= 4 is 15.5 Å². The second-order valence-electron chi connectivity index (χ2n) is 5.47. The van der Waals surface area contributed by atoms with Crippen molar-refractivity contribution in [2.45, 2.75) is 24.0 Å². The number of hydrogen-bond acceptors (Lipinski definition) is 3. The van der Waals surface area contributed by atoms with Crippen LogP contribution in [0.4, 0.5) is 5.69 Å². The maximum atomic E-state index is 12.5. The minimum atomic E-state index is -3.31. The summed E-state index contributed by atoms with van der Waals surface area (Å²) in [5.74, 6) is 0.0240. The fourth-order valence-electron chi connectivity index (χ4n) is 2.58. The van der Waals surface area contributed by atoms with Gasteiger partial charge in [0.2, 0.25) is 0 Å². The van der Waals surface area contributed by atoms with Gasteiger partial charge in [-0.3, -0.25) is 0 Å². The lowest BCUT2D eigenvalue weighted by Gasteiger charge is -2.07. The lowest BCUT2D eigenvalue weighted by atomic mass is 10.1. The third-order valence-corrected chi connectivity index (χ3v) is 5.28. The van der Waals surface area contributed by atoms with E-state index in [1.165, 1.54) is 0 Å². The smallest absolute Gasteiger partial charge is 0.182 e. The molecule has 0 bridgehead atoms. The molecule has 1 N–H and O–H groups in total. The van der Waals surface area contributed by atoms with Crippen LogP contribution >= 0.6 is 0 Å². The minimum Gasteiger partial charge on any atom is -0.359 e. The van der Waals surface area contributed by atoms with E-state index < -0.39 is 9.84 Å². The van der Waals surface area contributed by atoms with Crippen molar-refractivity contribution in [3.8, 4) is 0 Å². The Kier molecular flexibility index (Phi) is 3.33. The zero-order valence-corrected chi connectivity index (χ0v) is 12.7. The molecule has 0 fully saturated rings. The van der Waals surface area contributed by atoms with Gasteiger partial charge in [-0.15, -0.1) is 0 Å². The van der Waals surface area contributed by atoms with E-state index in [0.717, 1.165) is 34.5 Å². The molecule has 0 saturated carbocycles. The van der Waals surface area contributed by atoms with E-state index in [4.69, 9.17) is 0 Å². The van der Waals surface area contributed by atoms with Crippen molar-refractivity contribution in [1.82, 2.24) is 0 Å². The van der Waals surface area contributed by atoms with Gasteiger partial charge in [0.15, 0.2) is 9.84 Å². The molecule has 3 rings (SSSR count). The van der Waals surface area contributed by atoms with Crippen LogP contribution in [0.1, 0.15) is 16.7 Å². The summed E-state index contributed by atoms with van der Waals surface area (Å²) >= 11 is 0. The largest absolute Gasteiger partial charge is 0.359 e. The first-order chi connectivity index (χ1) is 9.94. The molecule has 2 aromatic carbocycles. The van der Waals surface area contributed by atoms with E-state index in [9.17, 15) is 8.42 Å². The van der Waals surface area contributed by atoms with Crippen LogP contribution in [0, 0.1) is 6.92 Å². The van der Waals surface area contributed by atoms with E-state index in [1.54, 1.807) is 18.2 Å². The molecule has 4 heteroatoms. The fraction of sp³-hybridized carbons (Fsp3) is 0.176.